The normalized spacial score (nSPS) is 20.4. The van der Waals surface area contributed by atoms with Gasteiger partial charge in [-0.3, -0.25) is 0 Å². The molecule has 1 heterocycles. The molecule has 4 heteroatoms. The summed E-state index contributed by atoms with van der Waals surface area (Å²) in [5, 5.41) is 3.40. The molecule has 1 aliphatic rings. The van der Waals surface area contributed by atoms with Crippen molar-refractivity contribution < 1.29 is 9.47 Å². The fourth-order valence-corrected chi connectivity index (χ4v) is 2.51. The first kappa shape index (κ1) is 12.9. The van der Waals surface area contributed by atoms with Gasteiger partial charge in [-0.2, -0.15) is 0 Å². The van der Waals surface area contributed by atoms with Gasteiger partial charge in [0.15, 0.2) is 0 Å². The molecule has 0 bridgehead atoms. The SMILES string of the molecule is c1ccc(SCCNCC2COCCO2)cc1. The van der Waals surface area contributed by atoms with Gasteiger partial charge in [0.2, 0.25) is 0 Å². The molecule has 1 aliphatic heterocycles. The first-order chi connectivity index (χ1) is 8.45. The minimum Gasteiger partial charge on any atom is -0.376 e. The van der Waals surface area contributed by atoms with Crippen LogP contribution in [0.4, 0.5) is 0 Å². The maximum atomic E-state index is 5.55. The molecule has 0 saturated carbocycles. The lowest BCUT2D eigenvalue weighted by atomic mass is 10.3. The largest absolute Gasteiger partial charge is 0.376 e. The number of thioether (sulfide) groups is 1. The molecule has 1 aromatic carbocycles. The summed E-state index contributed by atoms with van der Waals surface area (Å²) in [6.07, 6.45) is 0.227. The van der Waals surface area contributed by atoms with Gasteiger partial charge >= 0.3 is 0 Å². The molecule has 3 nitrogen and oxygen atoms in total. The third-order valence-electron chi connectivity index (χ3n) is 2.55. The fraction of sp³-hybridized carbons (Fsp3) is 0.538. The van der Waals surface area contributed by atoms with E-state index in [0.717, 1.165) is 38.7 Å². The molecule has 1 fully saturated rings. The van der Waals surface area contributed by atoms with Gasteiger partial charge in [0.1, 0.15) is 0 Å². The second kappa shape index (κ2) is 7.71. The molecular formula is C13H19NO2S. The van der Waals surface area contributed by atoms with Crippen LogP contribution >= 0.6 is 11.8 Å². The number of benzene rings is 1. The third kappa shape index (κ3) is 5.08. The lowest BCUT2D eigenvalue weighted by Crippen LogP contribution is -2.38. The molecule has 1 atom stereocenters. The highest BCUT2D eigenvalue weighted by atomic mass is 32.2. The minimum atomic E-state index is 0.227. The molecule has 0 amide bonds. The van der Waals surface area contributed by atoms with Gasteiger partial charge in [0, 0.05) is 23.7 Å². The Hall–Kier alpha value is -0.550. The summed E-state index contributed by atoms with van der Waals surface area (Å²) in [5.74, 6) is 1.08. The van der Waals surface area contributed by atoms with Gasteiger partial charge in [-0.15, -0.1) is 11.8 Å². The number of hydrogen-bond acceptors (Lipinski definition) is 4. The van der Waals surface area contributed by atoms with E-state index < -0.39 is 0 Å². The standard InChI is InChI=1S/C13H19NO2S/c1-2-4-13(5-3-1)17-9-6-14-10-12-11-15-7-8-16-12/h1-5,12,14H,6-11H2. The van der Waals surface area contributed by atoms with E-state index >= 15 is 0 Å². The van der Waals surface area contributed by atoms with E-state index in [0.29, 0.717) is 0 Å². The molecule has 94 valence electrons. The van der Waals surface area contributed by atoms with E-state index in [1.165, 1.54) is 4.90 Å². The quantitative estimate of drug-likeness (QED) is 0.618. The van der Waals surface area contributed by atoms with Crippen molar-refractivity contribution in [2.24, 2.45) is 0 Å². The number of ether oxygens (including phenoxy) is 2. The summed E-state index contributed by atoms with van der Waals surface area (Å²) < 4.78 is 10.9. The zero-order valence-electron chi connectivity index (χ0n) is 9.93. The van der Waals surface area contributed by atoms with Crippen LogP contribution < -0.4 is 5.32 Å². The summed E-state index contributed by atoms with van der Waals surface area (Å²) in [6.45, 7) is 4.07. The lowest BCUT2D eigenvalue weighted by molar-refractivity contribution is -0.0861. The van der Waals surface area contributed by atoms with Crippen LogP contribution in [0.5, 0.6) is 0 Å². The summed E-state index contributed by atoms with van der Waals surface area (Å²) >= 11 is 1.87. The maximum Gasteiger partial charge on any atom is 0.0933 e. The average Bonchev–Trinajstić information content (AvgIpc) is 2.41. The van der Waals surface area contributed by atoms with E-state index in [1.54, 1.807) is 0 Å². The van der Waals surface area contributed by atoms with Crippen molar-refractivity contribution in [3.8, 4) is 0 Å². The van der Waals surface area contributed by atoms with Gasteiger partial charge in [-0.05, 0) is 12.1 Å². The Bertz CT molecular complexity index is 302. The molecule has 1 N–H and O–H groups in total. The molecule has 1 saturated heterocycles. The number of hydrogen-bond donors (Lipinski definition) is 1. The second-order valence-corrected chi connectivity index (χ2v) is 5.10. The molecular weight excluding hydrogens is 234 g/mol. The van der Waals surface area contributed by atoms with Crippen LogP contribution in [-0.2, 0) is 9.47 Å². The van der Waals surface area contributed by atoms with Crippen molar-refractivity contribution in [2.75, 3.05) is 38.7 Å². The number of rotatable bonds is 6. The van der Waals surface area contributed by atoms with Crippen LogP contribution in [0.25, 0.3) is 0 Å². The minimum absolute atomic E-state index is 0.227. The van der Waals surface area contributed by atoms with Crippen molar-refractivity contribution in [2.45, 2.75) is 11.0 Å². The van der Waals surface area contributed by atoms with Crippen LogP contribution in [0, 0.1) is 0 Å². The van der Waals surface area contributed by atoms with Gasteiger partial charge in [0.05, 0.1) is 25.9 Å². The van der Waals surface area contributed by atoms with Crippen molar-refractivity contribution >= 4 is 11.8 Å². The summed E-state index contributed by atoms with van der Waals surface area (Å²) in [6, 6.07) is 10.5. The zero-order chi connectivity index (χ0) is 11.8. The monoisotopic (exact) mass is 253 g/mol. The van der Waals surface area contributed by atoms with Crippen LogP contribution in [0.3, 0.4) is 0 Å². The highest BCUT2D eigenvalue weighted by molar-refractivity contribution is 7.99. The first-order valence-electron chi connectivity index (χ1n) is 6.03. The van der Waals surface area contributed by atoms with Gasteiger partial charge in [-0.25, -0.2) is 0 Å². The zero-order valence-corrected chi connectivity index (χ0v) is 10.7. The molecule has 0 radical (unpaired) electrons. The molecule has 0 aliphatic carbocycles. The van der Waals surface area contributed by atoms with Gasteiger partial charge < -0.3 is 14.8 Å². The fourth-order valence-electron chi connectivity index (χ4n) is 1.68. The van der Waals surface area contributed by atoms with E-state index in [9.17, 15) is 0 Å². The number of nitrogens with one attached hydrogen (secondary N) is 1. The Balaban J connectivity index is 1.51. The lowest BCUT2D eigenvalue weighted by Gasteiger charge is -2.23. The van der Waals surface area contributed by atoms with E-state index in [4.69, 9.17) is 9.47 Å². The van der Waals surface area contributed by atoms with Crippen molar-refractivity contribution in [1.82, 2.24) is 5.32 Å². The Labute approximate surface area is 107 Å². The molecule has 17 heavy (non-hydrogen) atoms. The molecule has 2 rings (SSSR count). The highest BCUT2D eigenvalue weighted by Gasteiger charge is 2.12. The van der Waals surface area contributed by atoms with Crippen LogP contribution in [-0.4, -0.2) is 44.8 Å². The summed E-state index contributed by atoms with van der Waals surface area (Å²) in [4.78, 5) is 1.33. The summed E-state index contributed by atoms with van der Waals surface area (Å²) in [7, 11) is 0. The average molecular weight is 253 g/mol. The summed E-state index contributed by atoms with van der Waals surface area (Å²) in [5.41, 5.74) is 0. The molecule has 0 aromatic heterocycles. The Morgan fingerprint density at radius 1 is 1.24 bits per heavy atom. The van der Waals surface area contributed by atoms with E-state index in [-0.39, 0.29) is 6.10 Å². The Morgan fingerprint density at radius 3 is 2.88 bits per heavy atom. The van der Waals surface area contributed by atoms with Gasteiger partial charge in [-0.1, -0.05) is 18.2 Å². The van der Waals surface area contributed by atoms with Crippen LogP contribution in [0.1, 0.15) is 0 Å². The first-order valence-corrected chi connectivity index (χ1v) is 7.01. The van der Waals surface area contributed by atoms with Crippen molar-refractivity contribution in [3.63, 3.8) is 0 Å². The van der Waals surface area contributed by atoms with Crippen LogP contribution in [0.15, 0.2) is 35.2 Å². The van der Waals surface area contributed by atoms with Gasteiger partial charge in [0.25, 0.3) is 0 Å². The van der Waals surface area contributed by atoms with Crippen LogP contribution in [0.2, 0.25) is 0 Å². The Morgan fingerprint density at radius 2 is 2.12 bits per heavy atom. The van der Waals surface area contributed by atoms with Crippen molar-refractivity contribution in [3.05, 3.63) is 30.3 Å². The molecule has 1 unspecified atom stereocenters. The van der Waals surface area contributed by atoms with E-state index in [1.807, 2.05) is 17.8 Å². The molecule has 0 spiro atoms. The smallest absolute Gasteiger partial charge is 0.0933 e. The third-order valence-corrected chi connectivity index (χ3v) is 3.56. The highest BCUT2D eigenvalue weighted by Crippen LogP contribution is 2.15. The maximum absolute atomic E-state index is 5.55. The molecule has 1 aromatic rings. The second-order valence-electron chi connectivity index (χ2n) is 3.93. The Kier molecular flexibility index (Phi) is 5.85. The topological polar surface area (TPSA) is 30.5 Å². The van der Waals surface area contributed by atoms with Crippen molar-refractivity contribution in [1.29, 1.82) is 0 Å². The van der Waals surface area contributed by atoms with E-state index in [2.05, 4.69) is 29.6 Å². The predicted octanol–water partition coefficient (Wildman–Crippen LogP) is 1.78. The predicted molar refractivity (Wildman–Crippen MR) is 70.6 cm³/mol.